The molecule has 0 spiro atoms. The van der Waals surface area contributed by atoms with Crippen molar-refractivity contribution in [1.82, 2.24) is 9.97 Å². The molecule has 0 N–H and O–H groups in total. The van der Waals surface area contributed by atoms with Crippen molar-refractivity contribution in [3.05, 3.63) is 62.0 Å². The third-order valence-corrected chi connectivity index (χ3v) is 2.73. The van der Waals surface area contributed by atoms with E-state index in [0.717, 1.165) is 0 Å². The molecule has 2 aromatic heterocycles. The van der Waals surface area contributed by atoms with Gasteiger partial charge in [-0.2, -0.15) is 0 Å². The highest BCUT2D eigenvalue weighted by Gasteiger charge is 2.16. The molecule has 0 radical (unpaired) electrons. The van der Waals surface area contributed by atoms with E-state index in [4.69, 9.17) is 16.3 Å². The van der Waals surface area contributed by atoms with Gasteiger partial charge in [0.25, 0.3) is 5.88 Å². The highest BCUT2D eigenvalue weighted by atomic mass is 35.5. The molecule has 132 valence electrons. The van der Waals surface area contributed by atoms with Gasteiger partial charge >= 0.3 is 17.3 Å². The molecule has 0 saturated carbocycles. The summed E-state index contributed by atoms with van der Waals surface area (Å²) in [5.74, 6) is -0.831. The molecule has 0 aliphatic carbocycles. The minimum absolute atomic E-state index is 0.0764. The number of pyridine rings is 2. The van der Waals surface area contributed by atoms with E-state index in [2.05, 4.69) is 14.7 Å². The van der Waals surface area contributed by atoms with Crippen molar-refractivity contribution in [1.29, 1.82) is 0 Å². The number of ether oxygens (including phenoxy) is 2. The van der Waals surface area contributed by atoms with Crippen LogP contribution in [0.5, 0.6) is 5.88 Å². The number of carbonyl (C=O) groups excluding carboxylic acids is 1. The average Bonchev–Trinajstić information content (AvgIpc) is 2.60. The molecule has 25 heavy (non-hydrogen) atoms. The Morgan fingerprint density at radius 1 is 1.12 bits per heavy atom. The normalized spacial score (nSPS) is 9.36. The van der Waals surface area contributed by atoms with Crippen LogP contribution in [0.4, 0.5) is 11.4 Å². The zero-order chi connectivity index (χ0) is 18.8. The smallest absolute Gasteiger partial charge is 0.343 e. The van der Waals surface area contributed by atoms with Gasteiger partial charge in [-0.3, -0.25) is 20.2 Å². The molecule has 12 heteroatoms. The molecule has 0 aromatic carbocycles. The predicted molar refractivity (Wildman–Crippen MR) is 84.3 cm³/mol. The molecule has 0 bridgehead atoms. The first-order valence-corrected chi connectivity index (χ1v) is 6.78. The van der Waals surface area contributed by atoms with Crippen molar-refractivity contribution < 1.29 is 24.1 Å². The maximum atomic E-state index is 10.7. The molecule has 0 aliphatic heterocycles. The minimum atomic E-state index is -0.639. The van der Waals surface area contributed by atoms with Gasteiger partial charge in [-0.1, -0.05) is 11.6 Å². The first kappa shape index (κ1) is 19.7. The van der Waals surface area contributed by atoms with Crippen LogP contribution in [-0.4, -0.2) is 39.5 Å². The first-order valence-electron chi connectivity index (χ1n) is 6.40. The molecule has 11 nitrogen and oxygen atoms in total. The van der Waals surface area contributed by atoms with E-state index in [1.807, 2.05) is 0 Å². The van der Waals surface area contributed by atoms with Crippen LogP contribution in [0.25, 0.3) is 0 Å². The lowest BCUT2D eigenvalue weighted by molar-refractivity contribution is -0.386. The van der Waals surface area contributed by atoms with E-state index in [1.165, 1.54) is 43.8 Å². The van der Waals surface area contributed by atoms with Crippen molar-refractivity contribution in [2.75, 3.05) is 13.7 Å². The van der Waals surface area contributed by atoms with Crippen LogP contribution < -0.4 is 4.74 Å². The van der Waals surface area contributed by atoms with Crippen molar-refractivity contribution in [3.8, 4) is 5.88 Å². The largest absolute Gasteiger partial charge is 0.466 e. The monoisotopic (exact) mass is 370 g/mol. The van der Waals surface area contributed by atoms with Gasteiger partial charge < -0.3 is 9.47 Å². The molecule has 0 saturated heterocycles. The summed E-state index contributed by atoms with van der Waals surface area (Å²) in [4.78, 5) is 37.3. The Bertz CT molecular complexity index is 772. The van der Waals surface area contributed by atoms with Crippen LogP contribution in [0.1, 0.15) is 0 Å². The second-order valence-corrected chi connectivity index (χ2v) is 4.38. The summed E-state index contributed by atoms with van der Waals surface area (Å²) in [6.07, 6.45) is 2.73. The Morgan fingerprint density at radius 2 is 1.68 bits per heavy atom. The molecular weight excluding hydrogens is 360 g/mol. The summed E-state index contributed by atoms with van der Waals surface area (Å²) < 4.78 is 9.13. The van der Waals surface area contributed by atoms with E-state index in [9.17, 15) is 25.0 Å². The number of carbonyl (C=O) groups is 1. The van der Waals surface area contributed by atoms with Crippen molar-refractivity contribution >= 4 is 28.9 Å². The lowest BCUT2D eigenvalue weighted by Gasteiger charge is -2.03. The number of methoxy groups -OCH3 is 1. The summed E-state index contributed by atoms with van der Waals surface area (Å²) >= 11 is 5.37. The van der Waals surface area contributed by atoms with Gasteiger partial charge in [0.15, 0.2) is 6.61 Å². The summed E-state index contributed by atoms with van der Waals surface area (Å²) in [5.41, 5.74) is -0.453. The number of esters is 1. The number of nitrogens with zero attached hydrogens (tertiary/aromatic N) is 4. The fraction of sp³-hybridized carbons (Fsp3) is 0.154. The van der Waals surface area contributed by atoms with Crippen LogP contribution in [0.15, 0.2) is 36.7 Å². The summed E-state index contributed by atoms with van der Waals surface area (Å²) in [6.45, 7) is -0.408. The average molecular weight is 371 g/mol. The lowest BCUT2D eigenvalue weighted by atomic mass is 10.4. The van der Waals surface area contributed by atoms with E-state index < -0.39 is 22.4 Å². The molecule has 2 rings (SSSR count). The first-order chi connectivity index (χ1) is 11.9. The van der Waals surface area contributed by atoms with Gasteiger partial charge in [0.1, 0.15) is 0 Å². The van der Waals surface area contributed by atoms with Crippen LogP contribution >= 0.6 is 11.6 Å². The molecular formula is C13H11ClN4O7. The zero-order valence-electron chi connectivity index (χ0n) is 12.7. The SMILES string of the molecule is COC(=O)COc1ncccc1[N+](=O)[O-].O=[N+]([O-])c1cccnc1Cl. The Kier molecular flexibility index (Phi) is 7.66. The minimum Gasteiger partial charge on any atom is -0.466 e. The van der Waals surface area contributed by atoms with Gasteiger partial charge in [-0.25, -0.2) is 14.8 Å². The quantitative estimate of drug-likeness (QED) is 0.334. The number of halogens is 1. The predicted octanol–water partition coefficient (Wildman–Crippen LogP) is 2.18. The molecule has 0 aliphatic rings. The Balaban J connectivity index is 0.000000271. The van der Waals surface area contributed by atoms with Gasteiger partial charge in [-0.15, -0.1) is 0 Å². The lowest BCUT2D eigenvalue weighted by Crippen LogP contribution is -2.13. The second-order valence-electron chi connectivity index (χ2n) is 4.02. The van der Waals surface area contributed by atoms with Crippen molar-refractivity contribution in [2.24, 2.45) is 0 Å². The Morgan fingerprint density at radius 3 is 2.16 bits per heavy atom. The standard InChI is InChI=1S/C8H8N2O5.C5H3ClN2O2/c1-14-7(11)5-15-8-6(10(12)13)3-2-4-9-8;6-5-4(8(9)10)2-1-3-7-5/h2-4H,5H2,1H3;1-3H. The Labute approximate surface area is 145 Å². The third-order valence-electron chi connectivity index (χ3n) is 2.44. The topological polar surface area (TPSA) is 148 Å². The number of rotatable bonds is 5. The van der Waals surface area contributed by atoms with Gasteiger partial charge in [0.05, 0.1) is 17.0 Å². The third kappa shape index (κ3) is 6.35. The summed E-state index contributed by atoms with van der Waals surface area (Å²) in [6, 6.07) is 5.40. The van der Waals surface area contributed by atoms with Gasteiger partial charge in [-0.05, 0) is 12.1 Å². The summed E-state index contributed by atoms with van der Waals surface area (Å²) in [5, 5.41) is 20.5. The zero-order valence-corrected chi connectivity index (χ0v) is 13.5. The van der Waals surface area contributed by atoms with Crippen molar-refractivity contribution in [2.45, 2.75) is 0 Å². The van der Waals surface area contributed by atoms with Crippen LogP contribution in [-0.2, 0) is 9.53 Å². The molecule has 0 unspecified atom stereocenters. The van der Waals surface area contributed by atoms with Gasteiger partial charge in [0, 0.05) is 24.5 Å². The number of hydrogen-bond donors (Lipinski definition) is 0. The van der Waals surface area contributed by atoms with Crippen LogP contribution in [0.2, 0.25) is 5.15 Å². The molecule has 0 amide bonds. The number of nitro groups is 2. The maximum Gasteiger partial charge on any atom is 0.343 e. The van der Waals surface area contributed by atoms with E-state index in [0.29, 0.717) is 0 Å². The maximum absolute atomic E-state index is 10.7. The Hall–Kier alpha value is -3.34. The highest BCUT2D eigenvalue weighted by Crippen LogP contribution is 2.22. The van der Waals surface area contributed by atoms with Crippen molar-refractivity contribution in [3.63, 3.8) is 0 Å². The molecule has 0 fully saturated rings. The summed E-state index contributed by atoms with van der Waals surface area (Å²) in [7, 11) is 1.19. The fourth-order valence-electron chi connectivity index (χ4n) is 1.33. The van der Waals surface area contributed by atoms with E-state index in [1.54, 1.807) is 0 Å². The number of aromatic nitrogens is 2. The van der Waals surface area contributed by atoms with E-state index in [-0.39, 0.29) is 22.4 Å². The fourth-order valence-corrected chi connectivity index (χ4v) is 1.52. The van der Waals surface area contributed by atoms with E-state index >= 15 is 0 Å². The van der Waals surface area contributed by atoms with Gasteiger partial charge in [0.2, 0.25) is 5.15 Å². The van der Waals surface area contributed by atoms with Crippen LogP contribution in [0.3, 0.4) is 0 Å². The number of hydrogen-bond acceptors (Lipinski definition) is 9. The molecule has 2 aromatic rings. The van der Waals surface area contributed by atoms with Crippen LogP contribution in [0, 0.1) is 20.2 Å². The molecule has 0 atom stereocenters. The highest BCUT2D eigenvalue weighted by molar-refractivity contribution is 6.31. The second kappa shape index (κ2) is 9.72. The molecule has 2 heterocycles.